The Morgan fingerprint density at radius 2 is 2.32 bits per heavy atom. The largest absolute Gasteiger partial charge is 0.481 e. The van der Waals surface area contributed by atoms with E-state index in [1.54, 1.807) is 11.8 Å². The Balaban J connectivity index is 2.14. The second kappa shape index (κ2) is 5.61. The molecule has 106 valence electrons. The lowest BCUT2D eigenvalue weighted by Crippen LogP contribution is -2.31. The zero-order chi connectivity index (χ0) is 14.0. The van der Waals surface area contributed by atoms with Gasteiger partial charge in [-0.15, -0.1) is 0 Å². The van der Waals surface area contributed by atoms with Crippen LogP contribution in [0, 0.1) is 6.92 Å². The molecule has 2 heterocycles. The van der Waals surface area contributed by atoms with Gasteiger partial charge in [-0.1, -0.05) is 0 Å². The van der Waals surface area contributed by atoms with Gasteiger partial charge in [-0.3, -0.25) is 9.69 Å². The van der Waals surface area contributed by atoms with Crippen LogP contribution in [-0.2, 0) is 18.4 Å². The molecule has 0 amide bonds. The Morgan fingerprint density at radius 3 is 2.95 bits per heavy atom. The van der Waals surface area contributed by atoms with Crippen LogP contribution in [-0.4, -0.2) is 45.5 Å². The second-order valence-corrected chi connectivity index (χ2v) is 5.06. The molecule has 1 aromatic rings. The van der Waals surface area contributed by atoms with Gasteiger partial charge in [-0.2, -0.15) is 5.10 Å². The first-order chi connectivity index (χ1) is 9.02. The Hall–Kier alpha value is -1.56. The van der Waals surface area contributed by atoms with E-state index in [4.69, 9.17) is 9.84 Å². The summed E-state index contributed by atoms with van der Waals surface area (Å²) in [5.41, 5.74) is 2.00. The molecule has 1 aliphatic rings. The zero-order valence-electron chi connectivity index (χ0n) is 11.7. The van der Waals surface area contributed by atoms with Crippen LogP contribution in [0.1, 0.15) is 30.5 Å². The molecule has 0 spiro atoms. The SMILES string of the molecule is COc1c(CN2CCCC2CC(=O)O)c(C)nn1C. The minimum Gasteiger partial charge on any atom is -0.481 e. The molecular weight excluding hydrogens is 246 g/mol. The van der Waals surface area contributed by atoms with E-state index in [0.29, 0.717) is 6.54 Å². The van der Waals surface area contributed by atoms with Crippen molar-refractivity contribution in [3.8, 4) is 5.88 Å². The summed E-state index contributed by atoms with van der Waals surface area (Å²) in [6, 6.07) is 0.127. The maximum absolute atomic E-state index is 10.9. The number of carboxylic acid groups (broad SMARTS) is 1. The van der Waals surface area contributed by atoms with Gasteiger partial charge in [0, 0.05) is 19.6 Å². The van der Waals surface area contributed by atoms with Gasteiger partial charge in [0.2, 0.25) is 5.88 Å². The normalized spacial score (nSPS) is 19.8. The smallest absolute Gasteiger partial charge is 0.304 e. The molecule has 1 atom stereocenters. The van der Waals surface area contributed by atoms with E-state index in [-0.39, 0.29) is 12.5 Å². The molecule has 0 aliphatic carbocycles. The average molecular weight is 267 g/mol. The minimum atomic E-state index is -0.730. The van der Waals surface area contributed by atoms with E-state index < -0.39 is 5.97 Å². The van der Waals surface area contributed by atoms with E-state index in [2.05, 4.69) is 10.00 Å². The van der Waals surface area contributed by atoms with E-state index in [0.717, 1.165) is 36.5 Å². The molecule has 19 heavy (non-hydrogen) atoms. The average Bonchev–Trinajstić information content (AvgIpc) is 2.85. The number of aryl methyl sites for hydroxylation is 2. The van der Waals surface area contributed by atoms with Crippen molar-refractivity contribution in [2.75, 3.05) is 13.7 Å². The summed E-state index contributed by atoms with van der Waals surface area (Å²) in [4.78, 5) is 13.1. The molecule has 1 fully saturated rings. The summed E-state index contributed by atoms with van der Waals surface area (Å²) < 4.78 is 7.11. The van der Waals surface area contributed by atoms with Crippen LogP contribution in [0.15, 0.2) is 0 Å². The number of methoxy groups -OCH3 is 1. The third kappa shape index (κ3) is 2.89. The number of carbonyl (C=O) groups is 1. The van der Waals surface area contributed by atoms with Gasteiger partial charge in [-0.05, 0) is 26.3 Å². The summed E-state index contributed by atoms with van der Waals surface area (Å²) in [7, 11) is 3.49. The van der Waals surface area contributed by atoms with Crippen molar-refractivity contribution >= 4 is 5.97 Å². The van der Waals surface area contributed by atoms with Crippen molar-refractivity contribution in [1.82, 2.24) is 14.7 Å². The zero-order valence-corrected chi connectivity index (χ0v) is 11.7. The molecule has 2 rings (SSSR count). The van der Waals surface area contributed by atoms with Gasteiger partial charge in [0.05, 0.1) is 24.8 Å². The number of hydrogen-bond donors (Lipinski definition) is 1. The Kier molecular flexibility index (Phi) is 4.09. The van der Waals surface area contributed by atoms with Gasteiger partial charge in [0.1, 0.15) is 0 Å². The number of likely N-dealkylation sites (tertiary alicyclic amines) is 1. The number of hydrogen-bond acceptors (Lipinski definition) is 4. The standard InChI is InChI=1S/C13H21N3O3/c1-9-11(13(19-3)15(2)14-9)8-16-6-4-5-10(16)7-12(17)18/h10H,4-8H2,1-3H3,(H,17,18). The van der Waals surface area contributed by atoms with Gasteiger partial charge in [0.25, 0.3) is 0 Å². The topological polar surface area (TPSA) is 67.6 Å². The fourth-order valence-corrected chi connectivity index (χ4v) is 2.86. The van der Waals surface area contributed by atoms with E-state index in [1.807, 2.05) is 14.0 Å². The highest BCUT2D eigenvalue weighted by Gasteiger charge is 2.28. The van der Waals surface area contributed by atoms with Crippen molar-refractivity contribution in [2.45, 2.75) is 38.8 Å². The molecule has 1 N–H and O–H groups in total. The fraction of sp³-hybridized carbons (Fsp3) is 0.692. The van der Waals surface area contributed by atoms with Gasteiger partial charge in [0.15, 0.2) is 0 Å². The molecule has 0 aromatic carbocycles. The first-order valence-electron chi connectivity index (χ1n) is 6.55. The molecule has 1 aliphatic heterocycles. The summed E-state index contributed by atoms with van der Waals surface area (Å²) in [5.74, 6) is 0.0326. The molecule has 6 heteroatoms. The predicted octanol–water partition coefficient (Wildman–Crippen LogP) is 1.18. The summed E-state index contributed by atoms with van der Waals surface area (Å²) >= 11 is 0. The number of aliphatic carboxylic acids is 1. The number of carboxylic acids is 1. The quantitative estimate of drug-likeness (QED) is 0.867. The first-order valence-corrected chi connectivity index (χ1v) is 6.55. The lowest BCUT2D eigenvalue weighted by atomic mass is 10.1. The number of aromatic nitrogens is 2. The van der Waals surface area contributed by atoms with Crippen LogP contribution in [0.4, 0.5) is 0 Å². The van der Waals surface area contributed by atoms with E-state index in [9.17, 15) is 4.79 Å². The Morgan fingerprint density at radius 1 is 1.58 bits per heavy atom. The van der Waals surface area contributed by atoms with Crippen molar-refractivity contribution in [1.29, 1.82) is 0 Å². The highest BCUT2D eigenvalue weighted by Crippen LogP contribution is 2.28. The maximum atomic E-state index is 10.9. The predicted molar refractivity (Wildman–Crippen MR) is 70.2 cm³/mol. The Labute approximate surface area is 113 Å². The van der Waals surface area contributed by atoms with Crippen LogP contribution in [0.2, 0.25) is 0 Å². The van der Waals surface area contributed by atoms with Crippen LogP contribution >= 0.6 is 0 Å². The van der Waals surface area contributed by atoms with Crippen molar-refractivity contribution in [3.05, 3.63) is 11.3 Å². The van der Waals surface area contributed by atoms with Crippen LogP contribution in [0.3, 0.4) is 0 Å². The number of rotatable bonds is 5. The van der Waals surface area contributed by atoms with Crippen molar-refractivity contribution in [3.63, 3.8) is 0 Å². The van der Waals surface area contributed by atoms with Crippen molar-refractivity contribution in [2.24, 2.45) is 7.05 Å². The maximum Gasteiger partial charge on any atom is 0.304 e. The Bertz CT molecular complexity index is 470. The molecule has 1 aromatic heterocycles. The molecule has 1 saturated heterocycles. The monoisotopic (exact) mass is 267 g/mol. The number of ether oxygens (including phenoxy) is 1. The van der Waals surface area contributed by atoms with Crippen LogP contribution < -0.4 is 4.74 Å². The fourth-order valence-electron chi connectivity index (χ4n) is 2.86. The summed E-state index contributed by atoms with van der Waals surface area (Å²) in [6.45, 7) is 3.61. The number of nitrogens with zero attached hydrogens (tertiary/aromatic N) is 3. The third-order valence-corrected chi connectivity index (χ3v) is 3.75. The molecule has 0 saturated carbocycles. The van der Waals surface area contributed by atoms with Gasteiger partial charge >= 0.3 is 5.97 Å². The first kappa shape index (κ1) is 13.9. The van der Waals surface area contributed by atoms with Gasteiger partial charge < -0.3 is 9.84 Å². The van der Waals surface area contributed by atoms with E-state index >= 15 is 0 Å². The lowest BCUT2D eigenvalue weighted by Gasteiger charge is -2.23. The lowest BCUT2D eigenvalue weighted by molar-refractivity contribution is -0.138. The van der Waals surface area contributed by atoms with Crippen LogP contribution in [0.25, 0.3) is 0 Å². The van der Waals surface area contributed by atoms with Gasteiger partial charge in [-0.25, -0.2) is 4.68 Å². The van der Waals surface area contributed by atoms with Crippen LogP contribution in [0.5, 0.6) is 5.88 Å². The second-order valence-electron chi connectivity index (χ2n) is 5.06. The molecule has 0 radical (unpaired) electrons. The highest BCUT2D eigenvalue weighted by atomic mass is 16.5. The molecule has 0 bridgehead atoms. The van der Waals surface area contributed by atoms with Crippen molar-refractivity contribution < 1.29 is 14.6 Å². The minimum absolute atomic E-state index is 0.127. The molecular formula is C13H21N3O3. The summed E-state index contributed by atoms with van der Waals surface area (Å²) in [6.07, 6.45) is 2.22. The molecule has 6 nitrogen and oxygen atoms in total. The molecule has 1 unspecified atom stereocenters. The van der Waals surface area contributed by atoms with E-state index in [1.165, 1.54) is 0 Å². The third-order valence-electron chi connectivity index (χ3n) is 3.75. The summed E-state index contributed by atoms with van der Waals surface area (Å²) in [5, 5.41) is 13.3. The highest BCUT2D eigenvalue weighted by molar-refractivity contribution is 5.67.